The molecule has 0 amide bonds. The predicted molar refractivity (Wildman–Crippen MR) is 42.9 cm³/mol. The maximum Gasteiger partial charge on any atom is 0.0276 e. The number of aliphatic imine (C=N–C) groups is 1. The van der Waals surface area contributed by atoms with E-state index in [4.69, 9.17) is 0 Å². The highest BCUT2D eigenvalue weighted by atomic mass is 14.7. The lowest BCUT2D eigenvalue weighted by molar-refractivity contribution is 0.742. The van der Waals surface area contributed by atoms with E-state index in [2.05, 4.69) is 18.8 Å². The van der Waals surface area contributed by atoms with E-state index in [0.717, 1.165) is 12.1 Å². The average molecular weight is 126 g/mol. The van der Waals surface area contributed by atoms with Crippen LogP contribution in [0, 0.1) is 6.92 Å². The first-order valence-corrected chi connectivity index (χ1v) is 3.59. The van der Waals surface area contributed by atoms with Crippen molar-refractivity contribution in [2.24, 2.45) is 4.99 Å². The molecule has 1 heteroatoms. The van der Waals surface area contributed by atoms with Crippen molar-refractivity contribution in [2.45, 2.75) is 32.6 Å². The van der Waals surface area contributed by atoms with Gasteiger partial charge in [-0.25, -0.2) is 0 Å². The molecular formula is C8H16N. The molecule has 0 aliphatic carbocycles. The first-order valence-electron chi connectivity index (χ1n) is 3.59. The predicted octanol–water partition coefficient (Wildman–Crippen LogP) is 2.47. The Bertz CT molecular complexity index is 84.6. The van der Waals surface area contributed by atoms with Crippen molar-refractivity contribution in [3.05, 3.63) is 6.92 Å². The van der Waals surface area contributed by atoms with Gasteiger partial charge in [-0.3, -0.25) is 4.99 Å². The molecule has 0 aliphatic rings. The number of unbranched alkanes of at least 4 members (excludes halogenated alkanes) is 2. The number of hydrogen-bond acceptors (Lipinski definition) is 1. The average Bonchev–Trinajstić information content (AvgIpc) is 1.89. The SMILES string of the molecule is [CH2]/C(CCCCC)=N/C. The zero-order valence-corrected chi connectivity index (χ0v) is 6.48. The molecule has 9 heavy (non-hydrogen) atoms. The minimum Gasteiger partial charge on any atom is -0.297 e. The van der Waals surface area contributed by atoms with Crippen LogP contribution in [0.2, 0.25) is 0 Å². The third kappa shape index (κ3) is 5.54. The van der Waals surface area contributed by atoms with Crippen molar-refractivity contribution in [3.8, 4) is 0 Å². The van der Waals surface area contributed by atoms with E-state index in [0.29, 0.717) is 0 Å². The maximum atomic E-state index is 3.97. The molecule has 0 atom stereocenters. The van der Waals surface area contributed by atoms with Gasteiger partial charge >= 0.3 is 0 Å². The van der Waals surface area contributed by atoms with E-state index in [1.807, 2.05) is 0 Å². The van der Waals surface area contributed by atoms with Gasteiger partial charge in [-0.2, -0.15) is 0 Å². The summed E-state index contributed by atoms with van der Waals surface area (Å²) in [6, 6.07) is 0. The van der Waals surface area contributed by atoms with Crippen molar-refractivity contribution < 1.29 is 0 Å². The highest BCUT2D eigenvalue weighted by Gasteiger charge is 1.88. The highest BCUT2D eigenvalue weighted by molar-refractivity contribution is 5.88. The first kappa shape index (κ1) is 8.67. The van der Waals surface area contributed by atoms with E-state index < -0.39 is 0 Å². The molecule has 1 radical (unpaired) electrons. The Morgan fingerprint density at radius 3 is 2.56 bits per heavy atom. The minimum atomic E-state index is 1.03. The molecule has 53 valence electrons. The summed E-state index contributed by atoms with van der Waals surface area (Å²) in [6.45, 7) is 5.98. The fourth-order valence-corrected chi connectivity index (χ4v) is 0.691. The minimum absolute atomic E-state index is 1.03. The Balaban J connectivity index is 3.07. The molecule has 1 nitrogen and oxygen atoms in total. The highest BCUT2D eigenvalue weighted by Crippen LogP contribution is 1.99. The maximum absolute atomic E-state index is 3.97. The van der Waals surface area contributed by atoms with Gasteiger partial charge in [0.15, 0.2) is 0 Å². The van der Waals surface area contributed by atoms with Crippen molar-refractivity contribution in [1.29, 1.82) is 0 Å². The van der Waals surface area contributed by atoms with E-state index in [-0.39, 0.29) is 0 Å². The van der Waals surface area contributed by atoms with Crippen LogP contribution in [0.25, 0.3) is 0 Å². The van der Waals surface area contributed by atoms with Gasteiger partial charge in [0.1, 0.15) is 0 Å². The zero-order valence-electron chi connectivity index (χ0n) is 6.48. The van der Waals surface area contributed by atoms with Crippen LogP contribution >= 0.6 is 0 Å². The van der Waals surface area contributed by atoms with Gasteiger partial charge in [0.05, 0.1) is 0 Å². The van der Waals surface area contributed by atoms with Crippen LogP contribution in [-0.2, 0) is 0 Å². The van der Waals surface area contributed by atoms with Crippen LogP contribution in [0.1, 0.15) is 32.6 Å². The molecule has 0 heterocycles. The Hall–Kier alpha value is -0.330. The van der Waals surface area contributed by atoms with Gasteiger partial charge in [0.25, 0.3) is 0 Å². The molecule has 0 aromatic rings. The standard InChI is InChI=1S/C8H16N/c1-4-5-6-7-8(2)9-3/h2,4-7H2,1,3H3/b9-8-. The largest absolute Gasteiger partial charge is 0.297 e. The Morgan fingerprint density at radius 2 is 2.11 bits per heavy atom. The van der Waals surface area contributed by atoms with Crippen molar-refractivity contribution in [3.63, 3.8) is 0 Å². The normalized spacial score (nSPS) is 12.1. The van der Waals surface area contributed by atoms with Gasteiger partial charge < -0.3 is 0 Å². The molecule has 0 aromatic heterocycles. The van der Waals surface area contributed by atoms with Crippen LogP contribution in [-0.4, -0.2) is 12.8 Å². The molecule has 0 spiro atoms. The van der Waals surface area contributed by atoms with Gasteiger partial charge in [-0.15, -0.1) is 0 Å². The quantitative estimate of drug-likeness (QED) is 0.405. The topological polar surface area (TPSA) is 12.4 Å². The summed E-state index contributed by atoms with van der Waals surface area (Å²) in [5, 5.41) is 0. The lowest BCUT2D eigenvalue weighted by atomic mass is 10.1. The number of rotatable bonds is 4. The second-order valence-corrected chi connectivity index (χ2v) is 2.25. The van der Waals surface area contributed by atoms with Gasteiger partial charge in [-0.1, -0.05) is 19.8 Å². The van der Waals surface area contributed by atoms with Crippen molar-refractivity contribution in [1.82, 2.24) is 0 Å². The van der Waals surface area contributed by atoms with Crippen molar-refractivity contribution in [2.75, 3.05) is 7.05 Å². The van der Waals surface area contributed by atoms with Crippen LogP contribution in [0.3, 0.4) is 0 Å². The van der Waals surface area contributed by atoms with Crippen LogP contribution in [0.5, 0.6) is 0 Å². The summed E-state index contributed by atoms with van der Waals surface area (Å²) in [5.74, 6) is 0. The smallest absolute Gasteiger partial charge is 0.0276 e. The second-order valence-electron chi connectivity index (χ2n) is 2.25. The van der Waals surface area contributed by atoms with E-state index >= 15 is 0 Å². The van der Waals surface area contributed by atoms with Crippen LogP contribution < -0.4 is 0 Å². The Labute approximate surface area is 58.2 Å². The van der Waals surface area contributed by atoms with E-state index in [9.17, 15) is 0 Å². The molecule has 0 saturated carbocycles. The molecule has 0 rings (SSSR count). The first-order chi connectivity index (χ1) is 4.31. The molecule has 0 bridgehead atoms. The monoisotopic (exact) mass is 126 g/mol. The third-order valence-corrected chi connectivity index (χ3v) is 1.39. The summed E-state index contributed by atoms with van der Waals surface area (Å²) < 4.78 is 0. The molecule has 0 N–H and O–H groups in total. The van der Waals surface area contributed by atoms with Crippen molar-refractivity contribution >= 4 is 5.71 Å². The molecule has 0 aromatic carbocycles. The molecule has 0 fully saturated rings. The van der Waals surface area contributed by atoms with Gasteiger partial charge in [-0.05, 0) is 19.8 Å². The van der Waals surface area contributed by atoms with Crippen LogP contribution in [0.4, 0.5) is 0 Å². The fraction of sp³-hybridized carbons (Fsp3) is 0.750. The molecule has 0 saturated heterocycles. The lowest BCUT2D eigenvalue weighted by Gasteiger charge is -1.95. The Kier molecular flexibility index (Phi) is 5.59. The second kappa shape index (κ2) is 5.80. The summed E-state index contributed by atoms with van der Waals surface area (Å²) in [7, 11) is 1.80. The zero-order chi connectivity index (χ0) is 7.11. The number of nitrogens with zero attached hydrogens (tertiary/aromatic N) is 1. The summed E-state index contributed by atoms with van der Waals surface area (Å²) >= 11 is 0. The van der Waals surface area contributed by atoms with E-state index in [1.165, 1.54) is 19.3 Å². The molecular weight excluding hydrogens is 110 g/mol. The molecule has 0 aliphatic heterocycles. The fourth-order valence-electron chi connectivity index (χ4n) is 0.691. The molecule has 0 unspecified atom stereocenters. The van der Waals surface area contributed by atoms with Gasteiger partial charge in [0, 0.05) is 12.8 Å². The van der Waals surface area contributed by atoms with Gasteiger partial charge in [0.2, 0.25) is 0 Å². The Morgan fingerprint density at radius 1 is 1.44 bits per heavy atom. The summed E-state index contributed by atoms with van der Waals surface area (Å²) in [4.78, 5) is 3.97. The summed E-state index contributed by atoms with van der Waals surface area (Å²) in [6.07, 6.45) is 4.89. The number of hydrogen-bond donors (Lipinski definition) is 0. The summed E-state index contributed by atoms with van der Waals surface area (Å²) in [5.41, 5.74) is 1.03. The third-order valence-electron chi connectivity index (χ3n) is 1.39. The lowest BCUT2D eigenvalue weighted by Crippen LogP contribution is -1.90. The van der Waals surface area contributed by atoms with Crippen LogP contribution in [0.15, 0.2) is 4.99 Å². The van der Waals surface area contributed by atoms with E-state index in [1.54, 1.807) is 7.05 Å².